The van der Waals surface area contributed by atoms with E-state index in [0.717, 1.165) is 31.4 Å². The molecule has 1 amide bonds. The second-order valence-electron chi connectivity index (χ2n) is 7.49. The summed E-state index contributed by atoms with van der Waals surface area (Å²) in [7, 11) is 0. The third kappa shape index (κ3) is 2.54. The topological polar surface area (TPSA) is 20.3 Å². The maximum absolute atomic E-state index is 13.4. The van der Waals surface area contributed by atoms with Gasteiger partial charge in [-0.05, 0) is 48.4 Å². The van der Waals surface area contributed by atoms with Gasteiger partial charge in [0.15, 0.2) is 0 Å². The van der Waals surface area contributed by atoms with E-state index >= 15 is 0 Å². The Bertz CT molecular complexity index is 731. The highest BCUT2D eigenvalue weighted by Gasteiger charge is 2.45. The molecule has 1 atom stereocenters. The summed E-state index contributed by atoms with van der Waals surface area (Å²) in [4.78, 5) is 15.6. The first-order valence-electron chi connectivity index (χ1n) is 9.14. The van der Waals surface area contributed by atoms with Gasteiger partial charge < -0.3 is 4.90 Å². The molecular formula is C22H25NO. The summed E-state index contributed by atoms with van der Waals surface area (Å²) in [5, 5.41) is 0. The van der Waals surface area contributed by atoms with Gasteiger partial charge in [0.2, 0.25) is 0 Å². The Kier molecular flexibility index (Phi) is 3.91. The van der Waals surface area contributed by atoms with Crippen molar-refractivity contribution in [3.05, 3.63) is 71.3 Å². The molecule has 1 spiro atoms. The molecule has 124 valence electrons. The fourth-order valence-corrected chi connectivity index (χ4v) is 4.82. The molecule has 1 saturated carbocycles. The highest BCUT2D eigenvalue weighted by molar-refractivity contribution is 5.94. The number of hydrogen-bond acceptors (Lipinski definition) is 1. The van der Waals surface area contributed by atoms with Gasteiger partial charge in [-0.25, -0.2) is 0 Å². The molecule has 2 aliphatic rings. The Balaban J connectivity index is 1.78. The standard InChI is InChI=1S/C22H25NO/c1-17-15-22(13-7-8-14-22)23(16-19-11-5-6-12-20(17)19)21(24)18-9-3-2-4-10-18/h2-6,9-12,17H,7-8,13-16H2,1H3/t17-/m1/s1. The lowest BCUT2D eigenvalue weighted by atomic mass is 9.83. The minimum Gasteiger partial charge on any atom is -0.329 e. The smallest absolute Gasteiger partial charge is 0.254 e. The zero-order chi connectivity index (χ0) is 16.6. The molecule has 1 aliphatic heterocycles. The van der Waals surface area contributed by atoms with Crippen LogP contribution in [0.25, 0.3) is 0 Å². The first-order valence-corrected chi connectivity index (χ1v) is 9.14. The maximum atomic E-state index is 13.4. The van der Waals surface area contributed by atoms with E-state index < -0.39 is 0 Å². The summed E-state index contributed by atoms with van der Waals surface area (Å²) in [5.74, 6) is 0.703. The van der Waals surface area contributed by atoms with Crippen LogP contribution < -0.4 is 0 Å². The molecule has 0 aromatic heterocycles. The molecule has 2 aromatic carbocycles. The third-order valence-corrected chi connectivity index (χ3v) is 5.97. The van der Waals surface area contributed by atoms with E-state index in [1.807, 2.05) is 30.3 Å². The number of carbonyl (C=O) groups is 1. The van der Waals surface area contributed by atoms with Gasteiger partial charge in [0.1, 0.15) is 0 Å². The second-order valence-corrected chi connectivity index (χ2v) is 7.49. The summed E-state index contributed by atoms with van der Waals surface area (Å²) < 4.78 is 0. The molecule has 2 heteroatoms. The normalized spacial score (nSPS) is 22.2. The summed E-state index contributed by atoms with van der Waals surface area (Å²) in [6.07, 6.45) is 5.85. The molecule has 0 saturated heterocycles. The van der Waals surface area contributed by atoms with Gasteiger partial charge in [-0.3, -0.25) is 4.79 Å². The Morgan fingerprint density at radius 3 is 2.42 bits per heavy atom. The molecule has 24 heavy (non-hydrogen) atoms. The predicted octanol–water partition coefficient (Wildman–Crippen LogP) is 5.15. The molecule has 2 nitrogen and oxygen atoms in total. The fourth-order valence-electron chi connectivity index (χ4n) is 4.82. The van der Waals surface area contributed by atoms with Crippen molar-refractivity contribution in [3.63, 3.8) is 0 Å². The SMILES string of the molecule is C[C@@H]1CC2(CCCC2)N(C(=O)c2ccccc2)Cc2ccccc21. The van der Waals surface area contributed by atoms with Gasteiger partial charge >= 0.3 is 0 Å². The van der Waals surface area contributed by atoms with E-state index in [0.29, 0.717) is 5.92 Å². The molecule has 1 aliphatic carbocycles. The zero-order valence-electron chi connectivity index (χ0n) is 14.4. The number of hydrogen-bond donors (Lipinski definition) is 0. The number of nitrogens with zero attached hydrogens (tertiary/aromatic N) is 1. The fraction of sp³-hybridized carbons (Fsp3) is 0.409. The first kappa shape index (κ1) is 15.4. The third-order valence-electron chi connectivity index (χ3n) is 5.97. The average molecular weight is 319 g/mol. The maximum Gasteiger partial charge on any atom is 0.254 e. The van der Waals surface area contributed by atoms with Crippen LogP contribution in [0.2, 0.25) is 0 Å². The minimum atomic E-state index is 0.0331. The largest absolute Gasteiger partial charge is 0.329 e. The van der Waals surface area contributed by atoms with Crippen molar-refractivity contribution in [1.82, 2.24) is 4.90 Å². The summed E-state index contributed by atoms with van der Waals surface area (Å²) in [6.45, 7) is 3.07. The zero-order valence-corrected chi connectivity index (χ0v) is 14.4. The summed E-state index contributed by atoms with van der Waals surface area (Å²) >= 11 is 0. The lowest BCUT2D eigenvalue weighted by molar-refractivity contribution is 0.0425. The van der Waals surface area contributed by atoms with Gasteiger partial charge in [-0.15, -0.1) is 0 Å². The van der Waals surface area contributed by atoms with Crippen LogP contribution in [0, 0.1) is 0 Å². The van der Waals surface area contributed by atoms with Crippen molar-refractivity contribution < 1.29 is 4.79 Å². The van der Waals surface area contributed by atoms with Crippen LogP contribution >= 0.6 is 0 Å². The van der Waals surface area contributed by atoms with Gasteiger partial charge in [0.05, 0.1) is 0 Å². The Morgan fingerprint density at radius 1 is 1.00 bits per heavy atom. The lowest BCUT2D eigenvalue weighted by Crippen LogP contribution is -2.49. The van der Waals surface area contributed by atoms with Crippen LogP contribution in [-0.2, 0) is 6.54 Å². The lowest BCUT2D eigenvalue weighted by Gasteiger charge is -2.41. The molecule has 2 aromatic rings. The van der Waals surface area contributed by atoms with Crippen LogP contribution in [0.3, 0.4) is 0 Å². The van der Waals surface area contributed by atoms with E-state index in [4.69, 9.17) is 0 Å². The minimum absolute atomic E-state index is 0.0331. The molecule has 0 bridgehead atoms. The van der Waals surface area contributed by atoms with E-state index in [2.05, 4.69) is 36.1 Å². The monoisotopic (exact) mass is 319 g/mol. The number of benzene rings is 2. The number of fused-ring (bicyclic) bond motifs is 1. The van der Waals surface area contributed by atoms with Gasteiger partial charge in [-0.2, -0.15) is 0 Å². The molecule has 0 radical (unpaired) electrons. The number of amides is 1. The second kappa shape index (κ2) is 6.08. The Morgan fingerprint density at radius 2 is 1.67 bits per heavy atom. The van der Waals surface area contributed by atoms with E-state index in [-0.39, 0.29) is 11.4 Å². The predicted molar refractivity (Wildman–Crippen MR) is 97.0 cm³/mol. The van der Waals surface area contributed by atoms with Crippen LogP contribution in [0.5, 0.6) is 0 Å². The van der Waals surface area contributed by atoms with Crippen molar-refractivity contribution >= 4 is 5.91 Å². The van der Waals surface area contributed by atoms with Gasteiger partial charge in [-0.1, -0.05) is 62.2 Å². The first-order chi connectivity index (χ1) is 11.7. The molecule has 0 unspecified atom stereocenters. The molecule has 4 rings (SSSR count). The van der Waals surface area contributed by atoms with Crippen LogP contribution in [0.4, 0.5) is 0 Å². The van der Waals surface area contributed by atoms with Crippen molar-refractivity contribution in [2.45, 2.75) is 57.0 Å². The summed E-state index contributed by atoms with van der Waals surface area (Å²) in [6, 6.07) is 18.5. The van der Waals surface area contributed by atoms with Crippen LogP contribution in [0.15, 0.2) is 54.6 Å². The number of rotatable bonds is 1. The number of carbonyl (C=O) groups excluding carboxylic acids is 1. The van der Waals surface area contributed by atoms with Gasteiger partial charge in [0, 0.05) is 17.6 Å². The summed E-state index contributed by atoms with van der Waals surface area (Å²) in [5.41, 5.74) is 3.59. The highest BCUT2D eigenvalue weighted by atomic mass is 16.2. The molecule has 1 fully saturated rings. The molecule has 1 heterocycles. The van der Waals surface area contributed by atoms with Crippen molar-refractivity contribution in [3.8, 4) is 0 Å². The van der Waals surface area contributed by atoms with E-state index in [1.165, 1.54) is 24.0 Å². The average Bonchev–Trinajstić information content (AvgIpc) is 3.04. The molecule has 0 N–H and O–H groups in total. The van der Waals surface area contributed by atoms with Crippen molar-refractivity contribution in [2.75, 3.05) is 0 Å². The van der Waals surface area contributed by atoms with Crippen molar-refractivity contribution in [2.24, 2.45) is 0 Å². The van der Waals surface area contributed by atoms with Gasteiger partial charge in [0.25, 0.3) is 5.91 Å². The van der Waals surface area contributed by atoms with Crippen molar-refractivity contribution in [1.29, 1.82) is 0 Å². The highest BCUT2D eigenvalue weighted by Crippen LogP contribution is 2.46. The van der Waals surface area contributed by atoms with E-state index in [9.17, 15) is 4.79 Å². The quantitative estimate of drug-likeness (QED) is 0.712. The van der Waals surface area contributed by atoms with Crippen LogP contribution in [-0.4, -0.2) is 16.3 Å². The van der Waals surface area contributed by atoms with E-state index in [1.54, 1.807) is 0 Å². The molecular weight excluding hydrogens is 294 g/mol. The Labute approximate surface area is 144 Å². The Hall–Kier alpha value is -2.09. The van der Waals surface area contributed by atoms with Crippen LogP contribution in [0.1, 0.15) is 66.4 Å².